The Bertz CT molecular complexity index is 765. The minimum atomic E-state index is -0.495. The van der Waals surface area contributed by atoms with Gasteiger partial charge in [-0.3, -0.25) is 0 Å². The molecule has 0 fully saturated rings. The molecule has 2 aromatic heterocycles. The van der Waals surface area contributed by atoms with Crippen LogP contribution in [-0.2, 0) is 0 Å². The van der Waals surface area contributed by atoms with E-state index in [4.69, 9.17) is 4.74 Å². The quantitative estimate of drug-likeness (QED) is 0.723. The van der Waals surface area contributed by atoms with E-state index in [9.17, 15) is 4.39 Å². The predicted octanol–water partition coefficient (Wildman–Crippen LogP) is 3.42. The first-order valence-corrected chi connectivity index (χ1v) is 7.12. The molecule has 0 bridgehead atoms. The number of ether oxygens (including phenoxy) is 1. The number of halogens is 1. The third-order valence-corrected chi connectivity index (χ3v) is 3.45. The maximum absolute atomic E-state index is 12.2. The Morgan fingerprint density at radius 2 is 1.86 bits per heavy atom. The first-order valence-electron chi connectivity index (χ1n) is 7.12. The number of anilines is 1. The topological polar surface area (TPSA) is 29.8 Å². The van der Waals surface area contributed by atoms with E-state index in [1.807, 2.05) is 37.0 Å². The first-order chi connectivity index (χ1) is 10.7. The van der Waals surface area contributed by atoms with E-state index in [1.54, 1.807) is 6.07 Å². The number of imidazole rings is 1. The van der Waals surface area contributed by atoms with E-state index in [-0.39, 0.29) is 6.61 Å². The van der Waals surface area contributed by atoms with Gasteiger partial charge in [0.1, 0.15) is 24.7 Å². The number of fused-ring (bicyclic) bond motifs is 1. The smallest absolute Gasteiger partial charge is 0.137 e. The largest absolute Gasteiger partial charge is 0.489 e. The van der Waals surface area contributed by atoms with Gasteiger partial charge in [0.25, 0.3) is 0 Å². The molecule has 114 valence electrons. The highest BCUT2D eigenvalue weighted by atomic mass is 19.1. The zero-order valence-corrected chi connectivity index (χ0v) is 12.7. The van der Waals surface area contributed by atoms with Gasteiger partial charge in [-0.2, -0.15) is 0 Å². The lowest BCUT2D eigenvalue weighted by Crippen LogP contribution is -2.07. The van der Waals surface area contributed by atoms with Crippen LogP contribution in [0.3, 0.4) is 0 Å². The molecule has 3 aromatic rings. The summed E-state index contributed by atoms with van der Waals surface area (Å²) >= 11 is 0. The van der Waals surface area contributed by atoms with Crippen LogP contribution in [0.4, 0.5) is 10.1 Å². The van der Waals surface area contributed by atoms with Crippen molar-refractivity contribution in [3.05, 3.63) is 48.8 Å². The van der Waals surface area contributed by atoms with Crippen molar-refractivity contribution >= 4 is 11.3 Å². The molecule has 2 heterocycles. The SMILES string of the molecule is CN(C)c1ccc(-c2cn3cc(OCCF)ccc3n2)cc1. The van der Waals surface area contributed by atoms with E-state index in [1.165, 1.54) is 0 Å². The van der Waals surface area contributed by atoms with Crippen LogP contribution in [0.2, 0.25) is 0 Å². The van der Waals surface area contributed by atoms with Crippen LogP contribution in [0.1, 0.15) is 0 Å². The second-order valence-electron chi connectivity index (χ2n) is 5.24. The Morgan fingerprint density at radius 1 is 1.09 bits per heavy atom. The number of rotatable bonds is 5. The molecule has 0 unspecified atom stereocenters. The number of hydrogen-bond donors (Lipinski definition) is 0. The minimum absolute atomic E-state index is 0.0685. The van der Waals surface area contributed by atoms with Crippen LogP contribution in [0.5, 0.6) is 5.75 Å². The van der Waals surface area contributed by atoms with Crippen molar-refractivity contribution in [1.82, 2.24) is 9.38 Å². The maximum atomic E-state index is 12.2. The molecule has 1 aromatic carbocycles. The Balaban J connectivity index is 1.90. The van der Waals surface area contributed by atoms with Gasteiger partial charge in [0.2, 0.25) is 0 Å². The summed E-state index contributed by atoms with van der Waals surface area (Å²) in [4.78, 5) is 6.66. The molecule has 0 amide bonds. The lowest BCUT2D eigenvalue weighted by atomic mass is 10.1. The van der Waals surface area contributed by atoms with Crippen LogP contribution in [0.15, 0.2) is 48.8 Å². The third-order valence-electron chi connectivity index (χ3n) is 3.45. The van der Waals surface area contributed by atoms with Gasteiger partial charge in [-0.25, -0.2) is 9.37 Å². The van der Waals surface area contributed by atoms with Crippen molar-refractivity contribution in [2.45, 2.75) is 0 Å². The average Bonchev–Trinajstić information content (AvgIpc) is 2.96. The van der Waals surface area contributed by atoms with Crippen LogP contribution in [0.25, 0.3) is 16.9 Å². The molecule has 0 radical (unpaired) electrons. The van der Waals surface area contributed by atoms with Gasteiger partial charge in [0, 0.05) is 31.5 Å². The fourth-order valence-corrected chi connectivity index (χ4v) is 2.28. The molecular formula is C17H18FN3O. The second kappa shape index (κ2) is 6.05. The molecule has 22 heavy (non-hydrogen) atoms. The second-order valence-corrected chi connectivity index (χ2v) is 5.24. The summed E-state index contributed by atoms with van der Waals surface area (Å²) in [5.41, 5.74) is 3.93. The van der Waals surface area contributed by atoms with Gasteiger partial charge in [-0.05, 0) is 24.3 Å². The molecular weight excluding hydrogens is 281 g/mol. The number of pyridine rings is 1. The van der Waals surface area contributed by atoms with Crippen molar-refractivity contribution in [2.75, 3.05) is 32.3 Å². The van der Waals surface area contributed by atoms with Gasteiger partial charge in [0.15, 0.2) is 0 Å². The minimum Gasteiger partial charge on any atom is -0.489 e. The van der Waals surface area contributed by atoms with E-state index >= 15 is 0 Å². The van der Waals surface area contributed by atoms with Crippen molar-refractivity contribution in [2.24, 2.45) is 0 Å². The molecule has 0 spiro atoms. The summed E-state index contributed by atoms with van der Waals surface area (Å²) in [6, 6.07) is 11.9. The van der Waals surface area contributed by atoms with Gasteiger partial charge < -0.3 is 14.0 Å². The molecule has 0 aliphatic rings. The van der Waals surface area contributed by atoms with E-state index in [2.05, 4.69) is 34.1 Å². The monoisotopic (exact) mass is 299 g/mol. The van der Waals surface area contributed by atoms with Crippen LogP contribution >= 0.6 is 0 Å². The summed E-state index contributed by atoms with van der Waals surface area (Å²) in [6.07, 6.45) is 3.76. The van der Waals surface area contributed by atoms with Crippen molar-refractivity contribution in [3.8, 4) is 17.0 Å². The molecule has 5 heteroatoms. The Morgan fingerprint density at radius 3 is 2.55 bits per heavy atom. The molecule has 4 nitrogen and oxygen atoms in total. The number of nitrogens with zero attached hydrogens (tertiary/aromatic N) is 3. The summed E-state index contributed by atoms with van der Waals surface area (Å²) in [5, 5.41) is 0. The van der Waals surface area contributed by atoms with Gasteiger partial charge in [-0.1, -0.05) is 12.1 Å². The number of hydrogen-bond acceptors (Lipinski definition) is 3. The average molecular weight is 299 g/mol. The van der Waals surface area contributed by atoms with E-state index in [0.29, 0.717) is 5.75 Å². The molecule has 0 saturated carbocycles. The zero-order chi connectivity index (χ0) is 15.5. The standard InChI is InChI=1S/C17H18FN3O/c1-20(2)14-5-3-13(4-6-14)16-12-21-11-15(22-10-9-18)7-8-17(21)19-16/h3-8,11-12H,9-10H2,1-2H3. The highest BCUT2D eigenvalue weighted by Crippen LogP contribution is 2.23. The molecule has 0 saturated heterocycles. The van der Waals surface area contributed by atoms with Crippen LogP contribution < -0.4 is 9.64 Å². The number of aromatic nitrogens is 2. The molecule has 0 aliphatic carbocycles. The van der Waals surface area contributed by atoms with Gasteiger partial charge in [0.05, 0.1) is 11.9 Å². The van der Waals surface area contributed by atoms with Crippen molar-refractivity contribution < 1.29 is 9.13 Å². The van der Waals surface area contributed by atoms with Crippen LogP contribution in [-0.4, -0.2) is 36.8 Å². The normalized spacial score (nSPS) is 10.9. The van der Waals surface area contributed by atoms with Gasteiger partial charge >= 0.3 is 0 Å². The van der Waals surface area contributed by atoms with Crippen molar-refractivity contribution in [1.29, 1.82) is 0 Å². The highest BCUT2D eigenvalue weighted by Gasteiger charge is 2.06. The summed E-state index contributed by atoms with van der Waals surface area (Å²) in [5.74, 6) is 0.636. The first kappa shape index (κ1) is 14.4. The van der Waals surface area contributed by atoms with Crippen LogP contribution in [0, 0.1) is 0 Å². The number of alkyl halides is 1. The summed E-state index contributed by atoms with van der Waals surface area (Å²) in [7, 11) is 4.03. The maximum Gasteiger partial charge on any atom is 0.137 e. The summed E-state index contributed by atoms with van der Waals surface area (Å²) in [6.45, 7) is -0.426. The number of benzene rings is 1. The summed E-state index contributed by atoms with van der Waals surface area (Å²) < 4.78 is 19.3. The fourth-order valence-electron chi connectivity index (χ4n) is 2.28. The Hall–Kier alpha value is -2.56. The van der Waals surface area contributed by atoms with E-state index < -0.39 is 6.67 Å². The van der Waals surface area contributed by atoms with E-state index in [0.717, 1.165) is 22.6 Å². The zero-order valence-electron chi connectivity index (χ0n) is 12.7. The lowest BCUT2D eigenvalue weighted by Gasteiger charge is -2.12. The molecule has 0 aliphatic heterocycles. The Kier molecular flexibility index (Phi) is 3.96. The van der Waals surface area contributed by atoms with Gasteiger partial charge in [-0.15, -0.1) is 0 Å². The molecule has 0 atom stereocenters. The fraction of sp³-hybridized carbons (Fsp3) is 0.235. The third kappa shape index (κ3) is 2.88. The highest BCUT2D eigenvalue weighted by molar-refractivity contribution is 5.65. The lowest BCUT2D eigenvalue weighted by molar-refractivity contribution is 0.272. The van der Waals surface area contributed by atoms with Crippen molar-refractivity contribution in [3.63, 3.8) is 0 Å². The Labute approximate surface area is 128 Å². The molecule has 3 rings (SSSR count). The molecule has 0 N–H and O–H groups in total. The predicted molar refractivity (Wildman–Crippen MR) is 86.4 cm³/mol.